The van der Waals surface area contributed by atoms with E-state index in [1.54, 1.807) is 0 Å². The van der Waals surface area contributed by atoms with Gasteiger partial charge in [-0.05, 0) is 54.9 Å². The zero-order chi connectivity index (χ0) is 17.9. The first-order valence-corrected chi connectivity index (χ1v) is 10.2. The summed E-state index contributed by atoms with van der Waals surface area (Å²) in [6.07, 6.45) is 17.4. The van der Waals surface area contributed by atoms with Gasteiger partial charge in [0, 0.05) is 12.2 Å². The van der Waals surface area contributed by atoms with E-state index in [2.05, 4.69) is 55.5 Å². The van der Waals surface area contributed by atoms with Gasteiger partial charge in [0.15, 0.2) is 0 Å². The number of carbonyl (C=O) groups is 1. The van der Waals surface area contributed by atoms with Crippen molar-refractivity contribution >= 4 is 11.6 Å². The van der Waals surface area contributed by atoms with E-state index >= 15 is 0 Å². The Hall–Kier alpha value is -2.09. The Balaban J connectivity index is 1.52. The Labute approximate surface area is 157 Å². The van der Waals surface area contributed by atoms with E-state index in [-0.39, 0.29) is 11.8 Å². The highest BCUT2D eigenvalue weighted by molar-refractivity contribution is 6.01. The molecule has 1 aromatic rings. The summed E-state index contributed by atoms with van der Waals surface area (Å²) in [5, 5.41) is 0. The molecule has 1 heterocycles. The minimum absolute atomic E-state index is 0.0803. The van der Waals surface area contributed by atoms with Gasteiger partial charge in [-0.3, -0.25) is 4.79 Å². The van der Waals surface area contributed by atoms with Crippen molar-refractivity contribution in [1.29, 1.82) is 0 Å². The lowest BCUT2D eigenvalue weighted by Crippen LogP contribution is -2.26. The summed E-state index contributed by atoms with van der Waals surface area (Å²) < 4.78 is 0. The molecule has 0 spiro atoms. The van der Waals surface area contributed by atoms with Crippen molar-refractivity contribution in [2.24, 2.45) is 5.92 Å². The molecule has 136 valence electrons. The van der Waals surface area contributed by atoms with E-state index < -0.39 is 0 Å². The Bertz CT molecular complexity index is 747. The predicted octanol–water partition coefficient (Wildman–Crippen LogP) is 5.92. The zero-order valence-corrected chi connectivity index (χ0v) is 15.8. The van der Waals surface area contributed by atoms with Gasteiger partial charge in [0.1, 0.15) is 0 Å². The standard InChI is InChI=1S/C24H29NO/c1-2-18-7-6-10-21-17-25(24(26)23(21)16-11-18)22-14-12-20(13-15-22)19-8-4-3-5-9-19/h7,10-16,19,23H,2-6,8-9,17H2,1H3/b16-11?,18-7-,21-10-. The maximum Gasteiger partial charge on any atom is 0.238 e. The number of amides is 1. The van der Waals surface area contributed by atoms with Crippen LogP contribution in [-0.2, 0) is 4.79 Å². The van der Waals surface area contributed by atoms with Crippen molar-refractivity contribution < 1.29 is 4.79 Å². The number of hydrogen-bond donors (Lipinski definition) is 0. The molecule has 0 aromatic heterocycles. The normalized spacial score (nSPS) is 28.0. The maximum atomic E-state index is 13.0. The SMILES string of the molecule is CC/C1=C/C/C=C2/CN(c3ccc(C4CCCCC4)cc3)C(=O)C2C=C1. The highest BCUT2D eigenvalue weighted by atomic mass is 16.2. The minimum atomic E-state index is -0.0803. The molecule has 2 aliphatic carbocycles. The molecule has 1 aromatic carbocycles. The van der Waals surface area contributed by atoms with Gasteiger partial charge in [0.2, 0.25) is 5.91 Å². The summed E-state index contributed by atoms with van der Waals surface area (Å²) in [5.41, 5.74) is 5.05. The van der Waals surface area contributed by atoms with Gasteiger partial charge < -0.3 is 4.90 Å². The van der Waals surface area contributed by atoms with Crippen LogP contribution in [0.2, 0.25) is 0 Å². The fraction of sp³-hybridized carbons (Fsp3) is 0.458. The molecule has 26 heavy (non-hydrogen) atoms. The second-order valence-electron chi connectivity index (χ2n) is 7.83. The van der Waals surface area contributed by atoms with E-state index in [4.69, 9.17) is 0 Å². The van der Waals surface area contributed by atoms with Gasteiger partial charge in [-0.15, -0.1) is 0 Å². The average Bonchev–Trinajstić information content (AvgIpc) is 2.98. The third-order valence-electron chi connectivity index (χ3n) is 6.22. The highest BCUT2D eigenvalue weighted by Crippen LogP contribution is 2.35. The summed E-state index contributed by atoms with van der Waals surface area (Å²) in [4.78, 5) is 15.0. The lowest BCUT2D eigenvalue weighted by Gasteiger charge is -2.23. The molecule has 0 N–H and O–H groups in total. The van der Waals surface area contributed by atoms with E-state index in [0.29, 0.717) is 5.92 Å². The number of benzene rings is 1. The molecule has 2 heteroatoms. The third kappa shape index (κ3) is 3.42. The van der Waals surface area contributed by atoms with Gasteiger partial charge in [0.25, 0.3) is 0 Å². The smallest absolute Gasteiger partial charge is 0.238 e. The summed E-state index contributed by atoms with van der Waals surface area (Å²) >= 11 is 0. The third-order valence-corrected chi connectivity index (χ3v) is 6.22. The van der Waals surface area contributed by atoms with Crippen molar-refractivity contribution in [3.05, 3.63) is 65.3 Å². The Morgan fingerprint density at radius 1 is 1.04 bits per heavy atom. The van der Waals surface area contributed by atoms with Gasteiger partial charge in [-0.1, -0.05) is 68.2 Å². The molecule has 2 nitrogen and oxygen atoms in total. The van der Waals surface area contributed by atoms with Crippen LogP contribution in [0.15, 0.2) is 59.7 Å². The van der Waals surface area contributed by atoms with Gasteiger partial charge in [0.05, 0.1) is 5.92 Å². The van der Waals surface area contributed by atoms with Crippen molar-refractivity contribution in [3.63, 3.8) is 0 Å². The second kappa shape index (κ2) is 7.65. The molecule has 0 bridgehead atoms. The number of fused-ring (bicyclic) bond motifs is 1. The van der Waals surface area contributed by atoms with Crippen LogP contribution in [0.25, 0.3) is 0 Å². The van der Waals surface area contributed by atoms with Crippen molar-refractivity contribution in [2.75, 3.05) is 11.4 Å². The quantitative estimate of drug-likeness (QED) is 0.622. The van der Waals surface area contributed by atoms with E-state index in [1.165, 1.54) is 48.8 Å². The van der Waals surface area contributed by atoms with Gasteiger partial charge in [-0.25, -0.2) is 0 Å². The monoisotopic (exact) mass is 347 g/mol. The lowest BCUT2D eigenvalue weighted by atomic mass is 9.84. The molecular weight excluding hydrogens is 318 g/mol. The number of allylic oxidation sites excluding steroid dienone is 4. The second-order valence-corrected chi connectivity index (χ2v) is 7.83. The van der Waals surface area contributed by atoms with Gasteiger partial charge >= 0.3 is 0 Å². The first-order chi connectivity index (χ1) is 12.8. The number of nitrogens with zero attached hydrogens (tertiary/aromatic N) is 1. The van der Waals surface area contributed by atoms with E-state index in [9.17, 15) is 4.79 Å². The molecule has 2 fully saturated rings. The van der Waals surface area contributed by atoms with Crippen LogP contribution in [0.4, 0.5) is 5.69 Å². The van der Waals surface area contributed by atoms with Crippen LogP contribution in [0.5, 0.6) is 0 Å². The lowest BCUT2D eigenvalue weighted by molar-refractivity contribution is -0.118. The molecular formula is C24H29NO. The van der Waals surface area contributed by atoms with E-state index in [1.807, 2.05) is 4.90 Å². The molecule has 3 aliphatic rings. The molecule has 0 radical (unpaired) electrons. The van der Waals surface area contributed by atoms with E-state index in [0.717, 1.165) is 25.1 Å². The molecule has 1 aliphatic heterocycles. The summed E-state index contributed by atoms with van der Waals surface area (Å²) in [6.45, 7) is 2.89. The number of anilines is 1. The number of rotatable bonds is 3. The predicted molar refractivity (Wildman–Crippen MR) is 108 cm³/mol. The largest absolute Gasteiger partial charge is 0.308 e. The summed E-state index contributed by atoms with van der Waals surface area (Å²) in [6, 6.07) is 8.81. The summed E-state index contributed by atoms with van der Waals surface area (Å²) in [5.74, 6) is 0.851. The Morgan fingerprint density at radius 3 is 2.54 bits per heavy atom. The maximum absolute atomic E-state index is 13.0. The van der Waals surface area contributed by atoms with Crippen LogP contribution in [0.3, 0.4) is 0 Å². The van der Waals surface area contributed by atoms with Crippen LogP contribution < -0.4 is 4.90 Å². The molecule has 1 amide bonds. The van der Waals surface area contributed by atoms with Crippen LogP contribution in [0.1, 0.15) is 63.4 Å². The zero-order valence-electron chi connectivity index (χ0n) is 15.8. The fourth-order valence-electron chi connectivity index (χ4n) is 4.58. The molecule has 1 saturated carbocycles. The first-order valence-electron chi connectivity index (χ1n) is 10.2. The molecule has 1 unspecified atom stereocenters. The molecule has 4 rings (SSSR count). The topological polar surface area (TPSA) is 20.3 Å². The minimum Gasteiger partial charge on any atom is -0.308 e. The first kappa shape index (κ1) is 17.3. The van der Waals surface area contributed by atoms with Crippen LogP contribution in [0, 0.1) is 5.92 Å². The highest BCUT2D eigenvalue weighted by Gasteiger charge is 2.35. The summed E-state index contributed by atoms with van der Waals surface area (Å²) in [7, 11) is 0. The fourth-order valence-corrected chi connectivity index (χ4v) is 4.58. The van der Waals surface area contributed by atoms with Gasteiger partial charge in [-0.2, -0.15) is 0 Å². The van der Waals surface area contributed by atoms with Crippen molar-refractivity contribution in [1.82, 2.24) is 0 Å². The number of hydrogen-bond acceptors (Lipinski definition) is 1. The van der Waals surface area contributed by atoms with Crippen molar-refractivity contribution in [3.8, 4) is 0 Å². The number of carbonyl (C=O) groups excluding carboxylic acids is 1. The Kier molecular flexibility index (Phi) is 5.10. The van der Waals surface area contributed by atoms with Crippen molar-refractivity contribution in [2.45, 2.75) is 57.8 Å². The Morgan fingerprint density at radius 2 is 1.81 bits per heavy atom. The van der Waals surface area contributed by atoms with Crippen LogP contribution >= 0.6 is 0 Å². The molecule has 1 saturated heterocycles. The average molecular weight is 348 g/mol. The molecule has 1 atom stereocenters. The van der Waals surface area contributed by atoms with Crippen LogP contribution in [-0.4, -0.2) is 12.5 Å².